The lowest BCUT2D eigenvalue weighted by Crippen LogP contribution is -2.42. The number of hydrogen-bond acceptors (Lipinski definition) is 4. The predicted molar refractivity (Wildman–Crippen MR) is 98.2 cm³/mol. The molecule has 1 fully saturated rings. The van der Waals surface area contributed by atoms with E-state index >= 15 is 0 Å². The van der Waals surface area contributed by atoms with Crippen LogP contribution in [0.3, 0.4) is 0 Å². The lowest BCUT2D eigenvalue weighted by atomic mass is 10.1. The molecule has 1 heterocycles. The van der Waals surface area contributed by atoms with E-state index < -0.39 is 0 Å². The molecule has 1 atom stereocenters. The Morgan fingerprint density at radius 3 is 2.62 bits per heavy atom. The van der Waals surface area contributed by atoms with Gasteiger partial charge in [0.2, 0.25) is 5.91 Å². The molecule has 4 nitrogen and oxygen atoms in total. The molecule has 2 aromatic carbocycles. The van der Waals surface area contributed by atoms with E-state index in [0.29, 0.717) is 13.2 Å². The van der Waals surface area contributed by atoms with Gasteiger partial charge in [0, 0.05) is 18.2 Å². The van der Waals surface area contributed by atoms with Gasteiger partial charge >= 0.3 is 0 Å². The van der Waals surface area contributed by atoms with Gasteiger partial charge in [-0.1, -0.05) is 42.5 Å². The van der Waals surface area contributed by atoms with Crippen molar-refractivity contribution < 1.29 is 9.53 Å². The molecule has 2 N–H and O–H groups in total. The van der Waals surface area contributed by atoms with Crippen molar-refractivity contribution in [2.24, 2.45) is 0 Å². The normalized spacial score (nSPS) is 16.8. The zero-order valence-corrected chi connectivity index (χ0v) is 14.4. The van der Waals surface area contributed by atoms with Crippen molar-refractivity contribution in [2.75, 3.05) is 18.2 Å². The van der Waals surface area contributed by atoms with Crippen LogP contribution in [0.4, 0.5) is 0 Å². The molecule has 5 heteroatoms. The first-order valence-corrected chi connectivity index (χ1v) is 9.31. The topological polar surface area (TPSA) is 50.4 Å². The Balaban J connectivity index is 1.40. The van der Waals surface area contributed by atoms with Gasteiger partial charge in [0.05, 0.1) is 6.04 Å². The van der Waals surface area contributed by atoms with E-state index in [1.54, 1.807) is 11.8 Å². The van der Waals surface area contributed by atoms with Crippen LogP contribution in [0.25, 0.3) is 0 Å². The summed E-state index contributed by atoms with van der Waals surface area (Å²) in [6.07, 6.45) is 0.824. The molecule has 1 unspecified atom stereocenters. The summed E-state index contributed by atoms with van der Waals surface area (Å²) in [5.41, 5.74) is 2.35. The zero-order valence-electron chi connectivity index (χ0n) is 13.5. The van der Waals surface area contributed by atoms with Gasteiger partial charge in [-0.3, -0.25) is 10.1 Å². The number of hydrogen-bond donors (Lipinski definition) is 2. The van der Waals surface area contributed by atoms with E-state index in [1.165, 1.54) is 5.56 Å². The number of carbonyl (C=O) groups excluding carboxylic acids is 1. The van der Waals surface area contributed by atoms with Gasteiger partial charge in [0.1, 0.15) is 12.4 Å². The molecule has 1 amide bonds. The maximum atomic E-state index is 11.9. The van der Waals surface area contributed by atoms with E-state index in [-0.39, 0.29) is 11.9 Å². The van der Waals surface area contributed by atoms with Crippen molar-refractivity contribution in [3.8, 4) is 5.75 Å². The van der Waals surface area contributed by atoms with Crippen LogP contribution in [0, 0.1) is 0 Å². The quantitative estimate of drug-likeness (QED) is 0.812. The summed E-state index contributed by atoms with van der Waals surface area (Å²) in [6, 6.07) is 18.1. The summed E-state index contributed by atoms with van der Waals surface area (Å²) >= 11 is 1.76. The van der Waals surface area contributed by atoms with Crippen LogP contribution in [0.1, 0.15) is 11.1 Å². The van der Waals surface area contributed by atoms with Crippen LogP contribution in [-0.2, 0) is 17.8 Å². The number of nitrogens with one attached hydrogen (secondary N) is 2. The number of rotatable bonds is 7. The molecule has 1 aliphatic rings. The zero-order chi connectivity index (χ0) is 16.6. The van der Waals surface area contributed by atoms with Crippen molar-refractivity contribution in [1.29, 1.82) is 0 Å². The third-order valence-electron chi connectivity index (χ3n) is 3.92. The van der Waals surface area contributed by atoms with Gasteiger partial charge in [0.25, 0.3) is 0 Å². The SMILES string of the molecule is O=C(NCCc1ccc(OCc2ccccc2)cc1)C1CSCN1. The Labute approximate surface area is 147 Å². The first-order valence-electron chi connectivity index (χ1n) is 8.16. The van der Waals surface area contributed by atoms with E-state index in [1.807, 2.05) is 30.3 Å². The molecule has 1 aliphatic heterocycles. The summed E-state index contributed by atoms with van der Waals surface area (Å²) in [5, 5.41) is 6.16. The lowest BCUT2D eigenvalue weighted by Gasteiger charge is -2.11. The molecule has 2 aromatic rings. The van der Waals surface area contributed by atoms with Crippen molar-refractivity contribution in [1.82, 2.24) is 10.6 Å². The van der Waals surface area contributed by atoms with E-state index in [0.717, 1.165) is 29.4 Å². The first kappa shape index (κ1) is 16.9. The molecule has 0 aliphatic carbocycles. The van der Waals surface area contributed by atoms with Gasteiger partial charge in [-0.25, -0.2) is 0 Å². The number of amides is 1. The fraction of sp³-hybridized carbons (Fsp3) is 0.316. The average Bonchev–Trinajstić information content (AvgIpc) is 3.17. The molecule has 0 spiro atoms. The molecule has 24 heavy (non-hydrogen) atoms. The van der Waals surface area contributed by atoms with E-state index in [4.69, 9.17) is 4.74 Å². The molecule has 126 valence electrons. The smallest absolute Gasteiger partial charge is 0.238 e. The summed E-state index contributed by atoms with van der Waals surface area (Å²) in [6.45, 7) is 1.23. The average molecular weight is 342 g/mol. The van der Waals surface area contributed by atoms with E-state index in [9.17, 15) is 4.79 Å². The second-order valence-electron chi connectivity index (χ2n) is 5.73. The minimum Gasteiger partial charge on any atom is -0.489 e. The Kier molecular flexibility index (Phi) is 6.15. The highest BCUT2D eigenvalue weighted by Gasteiger charge is 2.21. The Bertz CT molecular complexity index is 640. The highest BCUT2D eigenvalue weighted by atomic mass is 32.2. The highest BCUT2D eigenvalue weighted by molar-refractivity contribution is 7.99. The van der Waals surface area contributed by atoms with Crippen molar-refractivity contribution in [3.63, 3.8) is 0 Å². The molecular formula is C19H22N2O2S. The molecule has 0 radical (unpaired) electrons. The molecule has 0 saturated carbocycles. The van der Waals surface area contributed by atoms with Crippen LogP contribution in [0.2, 0.25) is 0 Å². The molecule has 0 aromatic heterocycles. The maximum Gasteiger partial charge on any atom is 0.238 e. The predicted octanol–water partition coefficient (Wildman–Crippen LogP) is 2.59. The second-order valence-corrected chi connectivity index (χ2v) is 6.76. The Morgan fingerprint density at radius 1 is 1.12 bits per heavy atom. The monoisotopic (exact) mass is 342 g/mol. The van der Waals surface area contributed by atoms with Crippen LogP contribution >= 0.6 is 11.8 Å². The largest absolute Gasteiger partial charge is 0.489 e. The summed E-state index contributed by atoms with van der Waals surface area (Å²) in [7, 11) is 0. The maximum absolute atomic E-state index is 11.9. The molecule has 3 rings (SSSR count). The van der Waals surface area contributed by atoms with Crippen LogP contribution < -0.4 is 15.4 Å². The number of benzene rings is 2. The standard InChI is InChI=1S/C19H22N2O2S/c22-19(18-13-24-14-21-18)20-11-10-15-6-8-17(9-7-15)23-12-16-4-2-1-3-5-16/h1-9,18,21H,10-14H2,(H,20,22). The highest BCUT2D eigenvalue weighted by Crippen LogP contribution is 2.14. The fourth-order valence-corrected chi connectivity index (χ4v) is 3.45. The third-order valence-corrected chi connectivity index (χ3v) is 4.86. The lowest BCUT2D eigenvalue weighted by molar-refractivity contribution is -0.122. The van der Waals surface area contributed by atoms with Gasteiger partial charge in [-0.15, -0.1) is 11.8 Å². The van der Waals surface area contributed by atoms with Crippen molar-refractivity contribution >= 4 is 17.7 Å². The minimum absolute atomic E-state index is 0.0382. The van der Waals surface area contributed by atoms with Crippen LogP contribution in [0.5, 0.6) is 5.75 Å². The van der Waals surface area contributed by atoms with Crippen molar-refractivity contribution in [2.45, 2.75) is 19.1 Å². The number of carbonyl (C=O) groups is 1. The number of ether oxygens (including phenoxy) is 1. The molecular weight excluding hydrogens is 320 g/mol. The van der Waals surface area contributed by atoms with Crippen molar-refractivity contribution in [3.05, 3.63) is 65.7 Å². The summed E-state index contributed by atoms with van der Waals surface area (Å²) in [5.74, 6) is 2.68. The summed E-state index contributed by atoms with van der Waals surface area (Å²) in [4.78, 5) is 11.9. The first-order chi connectivity index (χ1) is 11.8. The van der Waals surface area contributed by atoms with Crippen LogP contribution in [-0.4, -0.2) is 30.1 Å². The third kappa shape index (κ3) is 5.01. The second kappa shape index (κ2) is 8.76. The Morgan fingerprint density at radius 2 is 1.92 bits per heavy atom. The molecule has 0 bridgehead atoms. The summed E-state index contributed by atoms with van der Waals surface area (Å²) < 4.78 is 5.78. The molecule has 1 saturated heterocycles. The Hall–Kier alpha value is -1.98. The van der Waals surface area contributed by atoms with E-state index in [2.05, 4.69) is 34.9 Å². The van der Waals surface area contributed by atoms with Gasteiger partial charge < -0.3 is 10.1 Å². The van der Waals surface area contributed by atoms with Gasteiger partial charge in [-0.2, -0.15) is 0 Å². The van der Waals surface area contributed by atoms with Gasteiger partial charge in [0.15, 0.2) is 0 Å². The van der Waals surface area contributed by atoms with Gasteiger partial charge in [-0.05, 0) is 29.7 Å². The fourth-order valence-electron chi connectivity index (χ4n) is 2.51. The number of thioether (sulfide) groups is 1. The minimum atomic E-state index is -0.0382. The van der Waals surface area contributed by atoms with Crippen LogP contribution in [0.15, 0.2) is 54.6 Å².